The first kappa shape index (κ1) is 28.2. The minimum Gasteiger partial charge on any atom is -0.489 e. The molecule has 0 N–H and O–H groups in total. The van der Waals surface area contributed by atoms with Crippen molar-refractivity contribution in [2.75, 3.05) is 64.1 Å². The van der Waals surface area contributed by atoms with Gasteiger partial charge in [0.2, 0.25) is 11.6 Å². The maximum atomic E-state index is 14.8. The van der Waals surface area contributed by atoms with E-state index >= 15 is 0 Å². The van der Waals surface area contributed by atoms with Gasteiger partial charge in [0.1, 0.15) is 6.61 Å². The zero-order chi connectivity index (χ0) is 29.9. The van der Waals surface area contributed by atoms with Crippen molar-refractivity contribution in [1.29, 1.82) is 0 Å². The number of aryl methyl sites for hydroxylation is 1. The molecule has 0 amide bonds. The van der Waals surface area contributed by atoms with Crippen LogP contribution in [0.4, 0.5) is 10.3 Å². The molecule has 4 aromatic heterocycles. The highest BCUT2D eigenvalue weighted by atomic mass is 19.1. The molecule has 2 fully saturated rings. The SMILES string of the molecule is Cn1cc(-c2cnc3c(nnn3C[C@@H]3CN(c4ncc(-c5ccc(OCCN6CCOCC6)c(F)c5)cn4)CCO3)n2)cn1. The van der Waals surface area contributed by atoms with E-state index in [1.807, 2.05) is 19.3 Å². The molecule has 7 rings (SSSR count). The number of hydrogen-bond donors (Lipinski definition) is 0. The molecule has 0 spiro atoms. The lowest BCUT2D eigenvalue weighted by Gasteiger charge is -2.32. The normalized spacial score (nSPS) is 17.8. The molecule has 1 atom stereocenters. The molecule has 0 radical (unpaired) electrons. The van der Waals surface area contributed by atoms with Gasteiger partial charge in [0.15, 0.2) is 17.2 Å². The van der Waals surface area contributed by atoms with E-state index in [1.165, 1.54) is 6.07 Å². The number of morpholine rings is 2. The Balaban J connectivity index is 0.964. The summed E-state index contributed by atoms with van der Waals surface area (Å²) >= 11 is 0. The van der Waals surface area contributed by atoms with Crippen LogP contribution in [0.3, 0.4) is 0 Å². The van der Waals surface area contributed by atoms with Crippen molar-refractivity contribution < 1.29 is 18.6 Å². The summed E-state index contributed by atoms with van der Waals surface area (Å²) in [5.74, 6) is 0.400. The molecule has 44 heavy (non-hydrogen) atoms. The Hall–Kier alpha value is -4.60. The van der Waals surface area contributed by atoms with Crippen molar-refractivity contribution in [3.05, 3.63) is 55.0 Å². The molecule has 2 saturated heterocycles. The van der Waals surface area contributed by atoms with Gasteiger partial charge in [-0.1, -0.05) is 11.3 Å². The molecule has 15 heteroatoms. The van der Waals surface area contributed by atoms with Crippen LogP contribution in [0.1, 0.15) is 0 Å². The molecule has 0 saturated carbocycles. The van der Waals surface area contributed by atoms with E-state index in [0.717, 1.165) is 44.0 Å². The second kappa shape index (κ2) is 12.6. The maximum Gasteiger partial charge on any atom is 0.225 e. The van der Waals surface area contributed by atoms with Gasteiger partial charge in [-0.05, 0) is 17.7 Å². The molecule has 6 heterocycles. The average Bonchev–Trinajstić information content (AvgIpc) is 3.68. The van der Waals surface area contributed by atoms with E-state index < -0.39 is 5.82 Å². The summed E-state index contributed by atoms with van der Waals surface area (Å²) in [5, 5.41) is 12.7. The maximum absolute atomic E-state index is 14.8. The lowest BCUT2D eigenvalue weighted by Crippen LogP contribution is -2.45. The summed E-state index contributed by atoms with van der Waals surface area (Å²) in [7, 11) is 1.85. The smallest absolute Gasteiger partial charge is 0.225 e. The molecule has 2 aliphatic rings. The molecule has 0 unspecified atom stereocenters. The number of benzene rings is 1. The first-order chi connectivity index (χ1) is 21.6. The number of aromatic nitrogens is 9. The van der Waals surface area contributed by atoms with Crippen LogP contribution < -0.4 is 9.64 Å². The number of rotatable bonds is 9. The molecule has 5 aromatic rings. The van der Waals surface area contributed by atoms with Gasteiger partial charge in [0.05, 0.1) is 50.6 Å². The van der Waals surface area contributed by atoms with Crippen molar-refractivity contribution in [3.8, 4) is 28.1 Å². The summed E-state index contributed by atoms with van der Waals surface area (Å²) < 4.78 is 35.3. The summed E-state index contributed by atoms with van der Waals surface area (Å²) in [4.78, 5) is 22.6. The van der Waals surface area contributed by atoms with E-state index in [4.69, 9.17) is 14.2 Å². The highest BCUT2D eigenvalue weighted by Gasteiger charge is 2.24. The van der Waals surface area contributed by atoms with Crippen LogP contribution in [0, 0.1) is 5.82 Å². The average molecular weight is 602 g/mol. The van der Waals surface area contributed by atoms with Gasteiger partial charge in [0.25, 0.3) is 0 Å². The van der Waals surface area contributed by atoms with Gasteiger partial charge < -0.3 is 19.1 Å². The van der Waals surface area contributed by atoms with Crippen LogP contribution in [-0.2, 0) is 23.1 Å². The monoisotopic (exact) mass is 601 g/mol. The third-order valence-electron chi connectivity index (χ3n) is 7.70. The van der Waals surface area contributed by atoms with Crippen LogP contribution in [0.5, 0.6) is 5.75 Å². The number of nitrogens with zero attached hydrogens (tertiary/aromatic N) is 11. The Bertz CT molecular complexity index is 1720. The number of halogens is 1. The van der Waals surface area contributed by atoms with Crippen molar-refractivity contribution in [1.82, 2.24) is 49.6 Å². The van der Waals surface area contributed by atoms with E-state index in [0.29, 0.717) is 61.3 Å². The minimum absolute atomic E-state index is 0.179. The van der Waals surface area contributed by atoms with Gasteiger partial charge in [-0.2, -0.15) is 5.10 Å². The van der Waals surface area contributed by atoms with Crippen molar-refractivity contribution in [3.63, 3.8) is 0 Å². The fraction of sp³-hybridized carbons (Fsp3) is 0.414. The molecule has 0 aliphatic carbocycles. The highest BCUT2D eigenvalue weighted by molar-refractivity contribution is 5.69. The van der Waals surface area contributed by atoms with Gasteiger partial charge in [-0.25, -0.2) is 29.0 Å². The van der Waals surface area contributed by atoms with Crippen LogP contribution in [0.15, 0.2) is 49.2 Å². The minimum atomic E-state index is -0.414. The predicted molar refractivity (Wildman–Crippen MR) is 157 cm³/mol. The molecule has 228 valence electrons. The standard InChI is InChI=1S/C29H32FN11O3/c1-38-17-22(15-34-38)25-16-31-28-27(35-25)36-37-41(28)19-23-18-40(7-11-43-23)29-32-13-21(14-33-29)20-2-3-26(24(30)12-20)44-10-6-39-4-8-42-9-5-39/h2-3,12-17,23H,4-11,18-19H2,1H3/t23-/m0/s1. The number of hydrogen-bond acceptors (Lipinski definition) is 12. The zero-order valence-corrected chi connectivity index (χ0v) is 24.3. The fourth-order valence-corrected chi connectivity index (χ4v) is 5.32. The van der Waals surface area contributed by atoms with Gasteiger partial charge in [-0.15, -0.1) is 5.10 Å². The van der Waals surface area contributed by atoms with E-state index in [2.05, 4.69) is 45.1 Å². The summed E-state index contributed by atoms with van der Waals surface area (Å²) in [6.45, 7) is 6.51. The van der Waals surface area contributed by atoms with E-state index in [9.17, 15) is 4.39 Å². The Morgan fingerprint density at radius 1 is 0.977 bits per heavy atom. The number of ether oxygens (including phenoxy) is 3. The molecule has 2 aliphatic heterocycles. The van der Waals surface area contributed by atoms with Crippen LogP contribution in [0.25, 0.3) is 33.7 Å². The summed E-state index contributed by atoms with van der Waals surface area (Å²) in [6.07, 6.45) is 8.54. The number of fused-ring (bicyclic) bond motifs is 1. The Morgan fingerprint density at radius 2 is 1.84 bits per heavy atom. The Kier molecular flexibility index (Phi) is 8.04. The lowest BCUT2D eigenvalue weighted by molar-refractivity contribution is 0.0272. The van der Waals surface area contributed by atoms with Crippen molar-refractivity contribution in [2.24, 2.45) is 7.05 Å². The third-order valence-corrected chi connectivity index (χ3v) is 7.70. The second-order valence-corrected chi connectivity index (χ2v) is 10.7. The molecule has 0 bridgehead atoms. The first-order valence-electron chi connectivity index (χ1n) is 14.6. The first-order valence-corrected chi connectivity index (χ1v) is 14.6. The third kappa shape index (κ3) is 6.20. The van der Waals surface area contributed by atoms with E-state index in [1.54, 1.807) is 40.2 Å². The Morgan fingerprint density at radius 3 is 2.64 bits per heavy atom. The molecule has 14 nitrogen and oxygen atoms in total. The van der Waals surface area contributed by atoms with Gasteiger partial charge >= 0.3 is 0 Å². The zero-order valence-electron chi connectivity index (χ0n) is 24.3. The van der Waals surface area contributed by atoms with Gasteiger partial charge in [0, 0.05) is 69.5 Å². The second-order valence-electron chi connectivity index (χ2n) is 10.7. The lowest BCUT2D eigenvalue weighted by atomic mass is 10.1. The van der Waals surface area contributed by atoms with Crippen molar-refractivity contribution >= 4 is 17.2 Å². The van der Waals surface area contributed by atoms with Crippen LogP contribution >= 0.6 is 0 Å². The van der Waals surface area contributed by atoms with E-state index in [-0.39, 0.29) is 11.9 Å². The van der Waals surface area contributed by atoms with Crippen molar-refractivity contribution in [2.45, 2.75) is 12.6 Å². The Labute approximate surface area is 252 Å². The molecular formula is C29H32FN11O3. The fourth-order valence-electron chi connectivity index (χ4n) is 5.32. The molecular weight excluding hydrogens is 569 g/mol. The van der Waals surface area contributed by atoms with Crippen LogP contribution in [-0.4, -0.2) is 115 Å². The molecule has 1 aromatic carbocycles. The predicted octanol–water partition coefficient (Wildman–Crippen LogP) is 1.83. The summed E-state index contributed by atoms with van der Waals surface area (Å²) in [6, 6.07) is 4.93. The van der Waals surface area contributed by atoms with Crippen LogP contribution in [0.2, 0.25) is 0 Å². The summed E-state index contributed by atoms with van der Waals surface area (Å²) in [5.41, 5.74) is 3.99. The quantitative estimate of drug-likeness (QED) is 0.244. The largest absolute Gasteiger partial charge is 0.489 e. The highest BCUT2D eigenvalue weighted by Crippen LogP contribution is 2.26. The van der Waals surface area contributed by atoms with Gasteiger partial charge in [-0.3, -0.25) is 9.58 Å². The number of anilines is 1. The topological polar surface area (TPSA) is 134 Å².